The molecule has 14 heteroatoms. The van der Waals surface area contributed by atoms with Crippen molar-refractivity contribution in [1.29, 1.82) is 5.26 Å². The number of aromatic nitrogens is 2. The van der Waals surface area contributed by atoms with Crippen molar-refractivity contribution in [2.75, 3.05) is 32.8 Å². The van der Waals surface area contributed by atoms with Crippen LogP contribution >= 0.6 is 15.9 Å². The molecule has 400 valence electrons. The minimum Gasteiger partial charge on any atom is -0.390 e. The van der Waals surface area contributed by atoms with Crippen molar-refractivity contribution in [3.8, 4) is 6.07 Å². The van der Waals surface area contributed by atoms with Gasteiger partial charge in [0.15, 0.2) is 5.78 Å². The van der Waals surface area contributed by atoms with Crippen LogP contribution in [0.25, 0.3) is 0 Å². The van der Waals surface area contributed by atoms with Crippen molar-refractivity contribution in [1.82, 2.24) is 9.55 Å². The Balaban J connectivity index is 0.000000223. The maximum Gasteiger partial charge on any atom is 0.342 e. The molecule has 0 saturated heterocycles. The number of hydrogen-bond donors (Lipinski definition) is 2. The number of carbonyl (C=O) groups excluding carboxylic acids is 2. The fourth-order valence-corrected chi connectivity index (χ4v) is 18.4. The number of ketones is 2. The highest BCUT2D eigenvalue weighted by Crippen LogP contribution is 2.70. The van der Waals surface area contributed by atoms with Gasteiger partial charge in [-0.3, -0.25) is 9.59 Å². The van der Waals surface area contributed by atoms with Gasteiger partial charge in [0.25, 0.3) is 0 Å². The number of rotatable bonds is 9. The van der Waals surface area contributed by atoms with Crippen LogP contribution in [0.5, 0.6) is 0 Å². The first-order chi connectivity index (χ1) is 32.3. The van der Waals surface area contributed by atoms with E-state index in [2.05, 4.69) is 45.8 Å². The van der Waals surface area contributed by atoms with Crippen molar-refractivity contribution in [3.63, 3.8) is 0 Å². The summed E-state index contributed by atoms with van der Waals surface area (Å²) in [6, 6.07) is 2.09. The van der Waals surface area contributed by atoms with Crippen LogP contribution in [0.3, 0.4) is 0 Å². The average molecular weight is 1060 g/mol. The van der Waals surface area contributed by atoms with Gasteiger partial charge in [0.05, 0.1) is 42.7 Å². The average Bonchev–Trinajstić information content (AvgIpc) is 4.13. The lowest BCUT2D eigenvalue weighted by atomic mass is 9.43. The van der Waals surface area contributed by atoms with Gasteiger partial charge in [-0.05, 0) is 209 Å². The fourth-order valence-electron chi connectivity index (χ4n) is 18.0. The number of imidazole rings is 1. The van der Waals surface area contributed by atoms with Gasteiger partial charge in [-0.25, -0.2) is 4.98 Å². The first kappa shape index (κ1) is 59.1. The Morgan fingerprint density at radius 1 is 0.761 bits per heavy atom. The molecule has 0 aromatic carbocycles. The number of carbonyl (C=O) groups is 2. The summed E-state index contributed by atoms with van der Waals surface area (Å²) in [5.74, 6) is 6.52. The third-order valence-electron chi connectivity index (χ3n) is 21.0. The highest BCUT2D eigenvalue weighted by Gasteiger charge is 2.65. The molecule has 2 heterocycles. The van der Waals surface area contributed by atoms with Crippen LogP contribution in [0.1, 0.15) is 178 Å². The molecule has 0 spiro atoms. The Morgan fingerprint density at radius 2 is 1.25 bits per heavy atom. The van der Waals surface area contributed by atoms with Crippen molar-refractivity contribution in [2.24, 2.45) is 85.8 Å². The normalized spacial score (nSPS) is 42.2. The number of ether oxygens (including phenoxy) is 2. The van der Waals surface area contributed by atoms with Gasteiger partial charge in [-0.1, -0.05) is 57.0 Å². The van der Waals surface area contributed by atoms with E-state index in [1.807, 2.05) is 28.1 Å². The number of methoxy groups -OCH3 is 2. The zero-order chi connectivity index (χ0) is 48.9. The number of aliphatic imine (C=N–C) groups is 1. The third-order valence-corrected chi connectivity index (χ3v) is 21.6. The second-order valence-corrected chi connectivity index (χ2v) is 24.9. The van der Waals surface area contributed by atoms with Crippen molar-refractivity contribution >= 4 is 33.3 Å². The first-order valence-electron chi connectivity index (χ1n) is 26.1. The Kier molecular flexibility index (Phi) is 19.1. The second-order valence-electron chi connectivity index (χ2n) is 24.3. The maximum atomic E-state index is 13.5. The summed E-state index contributed by atoms with van der Waals surface area (Å²) < 4.78 is 13.4. The third kappa shape index (κ3) is 10.8. The topological polar surface area (TPSA) is 190 Å². The Morgan fingerprint density at radius 3 is 1.66 bits per heavy atom. The number of hydrogen-bond acceptors (Lipinski definition) is 11. The molecule has 0 unspecified atom stereocenters. The smallest absolute Gasteiger partial charge is 0.342 e. The van der Waals surface area contributed by atoms with Crippen LogP contribution in [0.15, 0.2) is 29.7 Å². The van der Waals surface area contributed by atoms with E-state index < -0.39 is 16.1 Å². The maximum absolute atomic E-state index is 13.5. The van der Waals surface area contributed by atoms with Crippen LogP contribution in [-0.2, 0) is 25.6 Å². The fraction of sp³-hybridized carbons (Fsp3) is 0.842. The van der Waals surface area contributed by atoms with E-state index in [0.717, 1.165) is 89.8 Å². The molecule has 13 nitrogen and oxygen atoms in total. The molecule has 0 bridgehead atoms. The number of nitriles is 1. The lowest BCUT2D eigenvalue weighted by Crippen LogP contribution is -2.58. The van der Waals surface area contributed by atoms with Crippen LogP contribution in [0.2, 0.25) is 0 Å². The van der Waals surface area contributed by atoms with Crippen LogP contribution < -0.4 is 0 Å². The molecule has 2 N–H and O–H groups in total. The van der Waals surface area contributed by atoms with E-state index in [1.54, 1.807) is 23.0 Å². The Labute approximate surface area is 435 Å². The lowest BCUT2D eigenvalue weighted by Gasteiger charge is -2.62. The summed E-state index contributed by atoms with van der Waals surface area (Å²) in [6.45, 7) is 10.8. The van der Waals surface area contributed by atoms with Gasteiger partial charge < -0.3 is 34.4 Å². The predicted molar refractivity (Wildman–Crippen MR) is 283 cm³/mol. The number of aliphatic hydroxyl groups is 2. The number of nitrogens with zero attached hydrogens (tertiary/aromatic N) is 5. The van der Waals surface area contributed by atoms with Gasteiger partial charge in [-0.2, -0.15) is 5.26 Å². The minimum absolute atomic E-state index is 0. The Hall–Kier alpha value is -2.83. The SMILES string of the molecule is C.C.C.COC[C@]12CC[C@@](C)(O)C[C@H]1CC[C@H]1[C@@H]3CC[C@H](C(=O)CBr)[C@@]3(C)CC[C@@H]12.COC[C@]12CC[C@@](C)(O)C[C@H]1CC[C@H]1[C@@H]3CC[C@H](C(=O)Cn4ccnc4C#N)[C@@]3(C)CC[C@@H]12.O=[N+]([O-])C1=NC=CC1. The molecule has 16 atom stereocenters. The summed E-state index contributed by atoms with van der Waals surface area (Å²) in [6.07, 6.45) is 26.6. The molecule has 0 radical (unpaired) electrons. The zero-order valence-electron chi connectivity index (χ0n) is 41.8. The zero-order valence-corrected chi connectivity index (χ0v) is 43.4. The molecule has 1 aliphatic heterocycles. The number of amidine groups is 1. The number of alkyl halides is 1. The summed E-state index contributed by atoms with van der Waals surface area (Å²) in [4.78, 5) is 43.0. The largest absolute Gasteiger partial charge is 0.390 e. The number of Topliss-reactive ketones (excluding diaryl/α,β-unsaturated/α-hetero) is 2. The van der Waals surface area contributed by atoms with E-state index in [4.69, 9.17) is 9.47 Å². The van der Waals surface area contributed by atoms with Gasteiger partial charge in [-0.15, -0.1) is 0 Å². The minimum atomic E-state index is -0.543. The number of nitro groups is 1. The summed E-state index contributed by atoms with van der Waals surface area (Å²) in [5, 5.41) is 41.2. The van der Waals surface area contributed by atoms with Crippen molar-refractivity contribution in [2.45, 2.75) is 190 Å². The molecule has 8 fully saturated rings. The quantitative estimate of drug-likeness (QED) is 0.137. The number of fused-ring (bicyclic) bond motifs is 10. The van der Waals surface area contributed by atoms with Gasteiger partial charge in [0.2, 0.25) is 5.82 Å². The summed E-state index contributed by atoms with van der Waals surface area (Å²) >= 11 is 3.43. The van der Waals surface area contributed by atoms with E-state index in [1.165, 1.54) is 51.1 Å². The van der Waals surface area contributed by atoms with Crippen LogP contribution in [0.4, 0.5) is 0 Å². The molecule has 1 aromatic rings. The van der Waals surface area contributed by atoms with E-state index in [9.17, 15) is 35.2 Å². The molecule has 8 aliphatic carbocycles. The van der Waals surface area contributed by atoms with Crippen molar-refractivity contribution < 1.29 is 34.2 Å². The molecular formula is C57H92BrN5O8. The number of halogens is 1. The molecule has 8 saturated carbocycles. The van der Waals surface area contributed by atoms with Gasteiger partial charge >= 0.3 is 5.84 Å². The van der Waals surface area contributed by atoms with Crippen LogP contribution in [-0.4, -0.2) is 86.1 Å². The molecule has 9 aliphatic rings. The molecular weight excluding hydrogens is 963 g/mol. The van der Waals surface area contributed by atoms with E-state index in [-0.39, 0.29) is 73.9 Å². The summed E-state index contributed by atoms with van der Waals surface area (Å²) in [5.41, 5.74) is -0.363. The first-order valence-corrected chi connectivity index (χ1v) is 27.3. The van der Waals surface area contributed by atoms with Gasteiger partial charge in [0.1, 0.15) is 18.1 Å². The van der Waals surface area contributed by atoms with Gasteiger partial charge in [0, 0.05) is 38.4 Å². The van der Waals surface area contributed by atoms with E-state index in [0.29, 0.717) is 64.8 Å². The Bertz CT molecular complexity index is 2130. The highest BCUT2D eigenvalue weighted by atomic mass is 79.9. The molecule has 71 heavy (non-hydrogen) atoms. The van der Waals surface area contributed by atoms with E-state index >= 15 is 0 Å². The standard InChI is InChI=1S/C27H39N3O3.C23H37BrO3.C4H4N2O2.3CH4/c1-25(32)10-11-27(17-33-3)18(14-25)4-5-19-20-6-7-22(26(20,2)9-8-21(19)27)23(31)16-30-13-12-29-24(30)15-28;1-21(26)10-11-23(14-27-3)15(12-21)4-5-16-17-6-7-19(20(25)13-24)22(17,2)9-8-18(16)23;7-6(8)4-2-1-3-5-4;;;/h12-13,18-22,32H,4-11,14,16-17H2,1-3H3;15-19,26H,4-14H2,1-3H3;1,3H,2H2;3*1H4/t18-,19+,20+,21+,22-,25-,26+,27-;15-,16+,17+,18+,19-,21-,22+,23-;;;;/m11..../s1. The van der Waals surface area contributed by atoms with Crippen molar-refractivity contribution in [3.05, 3.63) is 40.6 Å². The molecule has 0 amide bonds. The summed E-state index contributed by atoms with van der Waals surface area (Å²) in [7, 11) is 3.69. The predicted octanol–water partition coefficient (Wildman–Crippen LogP) is 11.8. The lowest BCUT2D eigenvalue weighted by molar-refractivity contribution is -0.352. The monoisotopic (exact) mass is 1050 g/mol. The highest BCUT2D eigenvalue weighted by molar-refractivity contribution is 9.09. The van der Waals surface area contributed by atoms with Crippen LogP contribution in [0, 0.1) is 102 Å². The second kappa shape index (κ2) is 23.0. The molecule has 10 rings (SSSR count). The molecule has 1 aromatic heterocycles.